The maximum atomic E-state index is 12.3. The third-order valence-electron chi connectivity index (χ3n) is 3.63. The largest absolute Gasteiger partial charge is 0.300 e. The monoisotopic (exact) mass is 343 g/mol. The van der Waals surface area contributed by atoms with Gasteiger partial charge in [0.1, 0.15) is 0 Å². The Hall–Kier alpha value is -1.94. The second kappa shape index (κ2) is 5.11. The molecule has 2 aromatic carbocycles. The summed E-state index contributed by atoms with van der Waals surface area (Å²) in [4.78, 5) is 26.0. The molecular weight excluding hydrogens is 330 g/mol. The van der Waals surface area contributed by atoms with E-state index >= 15 is 0 Å². The summed E-state index contributed by atoms with van der Waals surface area (Å²) in [6.45, 7) is 4.27. The molecule has 0 aliphatic carbocycles. The Balaban J connectivity index is 2.05. The Bertz CT molecular complexity index is 767. The van der Waals surface area contributed by atoms with Crippen LogP contribution in [0.15, 0.2) is 40.9 Å². The third kappa shape index (κ3) is 2.40. The Kier molecular flexibility index (Phi) is 3.41. The van der Waals surface area contributed by atoms with Crippen molar-refractivity contribution in [2.24, 2.45) is 0 Å². The van der Waals surface area contributed by atoms with E-state index in [4.69, 9.17) is 0 Å². The highest BCUT2D eigenvalue weighted by Gasteiger charge is 2.37. The molecule has 0 radical (unpaired) electrons. The number of aryl methyl sites for hydroxylation is 2. The number of rotatable bonds is 2. The average Bonchev–Trinajstić information content (AvgIpc) is 2.64. The summed E-state index contributed by atoms with van der Waals surface area (Å²) in [5, 5.41) is 0. The molecule has 0 fully saturated rings. The first-order chi connectivity index (χ1) is 9.97. The fourth-order valence-electron chi connectivity index (χ4n) is 2.80. The first kappa shape index (κ1) is 14.0. The summed E-state index contributed by atoms with van der Waals surface area (Å²) in [7, 11) is 0. The van der Waals surface area contributed by atoms with Crippen molar-refractivity contribution in [3.8, 4) is 0 Å². The van der Waals surface area contributed by atoms with E-state index < -0.39 is 11.7 Å². The molecule has 0 aromatic heterocycles. The minimum Gasteiger partial charge on any atom is -0.300 e. The van der Waals surface area contributed by atoms with Gasteiger partial charge in [0.25, 0.3) is 11.7 Å². The highest BCUT2D eigenvalue weighted by atomic mass is 79.9. The standard InChI is InChI=1S/C17H14BrNO2/c1-10-6-11(2)15-14(7-10)16(20)17(21)19(15)9-12-4-3-5-13(18)8-12/h3-8H,9H2,1-2H3. The van der Waals surface area contributed by atoms with Crippen molar-refractivity contribution in [2.75, 3.05) is 4.90 Å². The van der Waals surface area contributed by atoms with E-state index in [1.54, 1.807) is 11.0 Å². The smallest absolute Gasteiger partial charge is 0.299 e. The number of carbonyl (C=O) groups excluding carboxylic acids is 2. The van der Waals surface area contributed by atoms with Crippen molar-refractivity contribution in [2.45, 2.75) is 20.4 Å². The van der Waals surface area contributed by atoms with E-state index in [1.807, 2.05) is 44.2 Å². The molecule has 21 heavy (non-hydrogen) atoms. The molecule has 1 aliphatic heterocycles. The third-order valence-corrected chi connectivity index (χ3v) is 4.12. The number of amides is 1. The molecule has 3 rings (SSSR count). The number of ketones is 1. The normalized spacial score (nSPS) is 13.8. The van der Waals surface area contributed by atoms with Crippen LogP contribution in [-0.4, -0.2) is 11.7 Å². The molecule has 1 aliphatic rings. The predicted octanol–water partition coefficient (Wildman–Crippen LogP) is 3.80. The zero-order chi connectivity index (χ0) is 15.1. The number of hydrogen-bond acceptors (Lipinski definition) is 2. The molecule has 0 atom stereocenters. The van der Waals surface area contributed by atoms with Gasteiger partial charge in [0, 0.05) is 4.47 Å². The van der Waals surface area contributed by atoms with E-state index in [9.17, 15) is 9.59 Å². The summed E-state index contributed by atoms with van der Waals surface area (Å²) in [6.07, 6.45) is 0. The fraction of sp³-hybridized carbons (Fsp3) is 0.176. The predicted molar refractivity (Wildman–Crippen MR) is 85.6 cm³/mol. The van der Waals surface area contributed by atoms with Gasteiger partial charge in [-0.05, 0) is 48.7 Å². The van der Waals surface area contributed by atoms with Crippen LogP contribution in [0.4, 0.5) is 5.69 Å². The number of hydrogen-bond donors (Lipinski definition) is 0. The Labute approximate surface area is 131 Å². The molecule has 4 heteroatoms. The number of nitrogens with zero attached hydrogens (tertiary/aromatic N) is 1. The van der Waals surface area contributed by atoms with Crippen molar-refractivity contribution < 1.29 is 9.59 Å². The van der Waals surface area contributed by atoms with Crippen LogP contribution in [0.1, 0.15) is 27.0 Å². The van der Waals surface area contributed by atoms with Gasteiger partial charge in [0.15, 0.2) is 0 Å². The lowest BCUT2D eigenvalue weighted by Crippen LogP contribution is -2.29. The molecular formula is C17H14BrNO2. The lowest BCUT2D eigenvalue weighted by atomic mass is 10.0. The molecule has 1 amide bonds. The molecule has 0 spiro atoms. The quantitative estimate of drug-likeness (QED) is 0.778. The topological polar surface area (TPSA) is 37.4 Å². The van der Waals surface area contributed by atoms with Gasteiger partial charge in [0.2, 0.25) is 0 Å². The summed E-state index contributed by atoms with van der Waals surface area (Å²) >= 11 is 3.42. The molecule has 3 nitrogen and oxygen atoms in total. The van der Waals surface area contributed by atoms with Crippen molar-refractivity contribution in [3.05, 3.63) is 63.1 Å². The van der Waals surface area contributed by atoms with Crippen LogP contribution in [-0.2, 0) is 11.3 Å². The van der Waals surface area contributed by atoms with Crippen LogP contribution in [0.3, 0.4) is 0 Å². The number of carbonyl (C=O) groups is 2. The molecule has 0 bridgehead atoms. The van der Waals surface area contributed by atoms with Crippen LogP contribution in [0.5, 0.6) is 0 Å². The molecule has 2 aromatic rings. The average molecular weight is 344 g/mol. The molecule has 106 valence electrons. The molecule has 1 heterocycles. The fourth-order valence-corrected chi connectivity index (χ4v) is 3.25. The number of benzene rings is 2. The highest BCUT2D eigenvalue weighted by molar-refractivity contribution is 9.10. The Morgan fingerprint density at radius 3 is 2.57 bits per heavy atom. The first-order valence-corrected chi connectivity index (χ1v) is 7.48. The lowest BCUT2D eigenvalue weighted by molar-refractivity contribution is -0.114. The molecule has 0 N–H and O–H groups in total. The summed E-state index contributed by atoms with van der Waals surface area (Å²) in [5.41, 5.74) is 4.21. The van der Waals surface area contributed by atoms with E-state index in [2.05, 4.69) is 15.9 Å². The number of Topliss-reactive ketones (excluding diaryl/α,β-unsaturated/α-hetero) is 1. The van der Waals surface area contributed by atoms with Gasteiger partial charge in [-0.25, -0.2) is 0 Å². The van der Waals surface area contributed by atoms with Crippen LogP contribution in [0, 0.1) is 13.8 Å². The molecule has 0 unspecified atom stereocenters. The van der Waals surface area contributed by atoms with Crippen molar-refractivity contribution in [3.63, 3.8) is 0 Å². The number of fused-ring (bicyclic) bond motifs is 1. The zero-order valence-electron chi connectivity index (χ0n) is 11.8. The Morgan fingerprint density at radius 1 is 1.10 bits per heavy atom. The minimum absolute atomic E-state index is 0.404. The number of anilines is 1. The van der Waals surface area contributed by atoms with Gasteiger partial charge < -0.3 is 4.90 Å². The number of halogens is 1. The van der Waals surface area contributed by atoms with Crippen LogP contribution in [0.2, 0.25) is 0 Å². The van der Waals surface area contributed by atoms with Gasteiger partial charge >= 0.3 is 0 Å². The highest BCUT2D eigenvalue weighted by Crippen LogP contribution is 2.34. The van der Waals surface area contributed by atoms with Gasteiger partial charge in [-0.15, -0.1) is 0 Å². The molecule has 0 saturated carbocycles. The van der Waals surface area contributed by atoms with Gasteiger partial charge in [-0.3, -0.25) is 9.59 Å². The van der Waals surface area contributed by atoms with E-state index in [-0.39, 0.29) is 0 Å². The van der Waals surface area contributed by atoms with Crippen LogP contribution < -0.4 is 4.90 Å². The maximum Gasteiger partial charge on any atom is 0.299 e. The Morgan fingerprint density at radius 2 is 1.86 bits per heavy atom. The van der Waals surface area contributed by atoms with Crippen LogP contribution in [0.25, 0.3) is 0 Å². The van der Waals surface area contributed by atoms with Crippen LogP contribution >= 0.6 is 15.9 Å². The summed E-state index contributed by atoms with van der Waals surface area (Å²) in [6, 6.07) is 11.6. The summed E-state index contributed by atoms with van der Waals surface area (Å²) in [5.74, 6) is -0.856. The second-order valence-electron chi connectivity index (χ2n) is 5.33. The summed E-state index contributed by atoms with van der Waals surface area (Å²) < 4.78 is 0.957. The SMILES string of the molecule is Cc1cc(C)c2c(c1)C(=O)C(=O)N2Cc1cccc(Br)c1. The first-order valence-electron chi connectivity index (χ1n) is 6.69. The molecule has 0 saturated heterocycles. The van der Waals surface area contributed by atoms with Gasteiger partial charge in [0.05, 0.1) is 17.8 Å². The van der Waals surface area contributed by atoms with E-state index in [0.29, 0.717) is 12.1 Å². The zero-order valence-corrected chi connectivity index (χ0v) is 13.4. The lowest BCUT2D eigenvalue weighted by Gasteiger charge is -2.19. The van der Waals surface area contributed by atoms with E-state index in [1.165, 1.54) is 0 Å². The van der Waals surface area contributed by atoms with Gasteiger partial charge in [-0.1, -0.05) is 34.1 Å². The minimum atomic E-state index is -0.446. The second-order valence-corrected chi connectivity index (χ2v) is 6.24. The van der Waals surface area contributed by atoms with Crippen molar-refractivity contribution in [1.29, 1.82) is 0 Å². The van der Waals surface area contributed by atoms with Gasteiger partial charge in [-0.2, -0.15) is 0 Å². The van der Waals surface area contributed by atoms with Crippen molar-refractivity contribution in [1.82, 2.24) is 0 Å². The van der Waals surface area contributed by atoms with Crippen molar-refractivity contribution >= 4 is 33.3 Å². The maximum absolute atomic E-state index is 12.3. The van der Waals surface area contributed by atoms with E-state index in [0.717, 1.165) is 26.9 Å².